The topological polar surface area (TPSA) is 70.1 Å². The maximum Gasteiger partial charge on any atom is 0.289 e. The Hall–Kier alpha value is -3.80. The minimum Gasteiger partial charge on any atom is -0.272 e. The van der Waals surface area contributed by atoms with Crippen LogP contribution in [0.5, 0.6) is 0 Å². The molecule has 0 bridgehead atoms. The molecule has 2 N–H and O–H groups in total. The number of hydrogen-bond donors (Lipinski definition) is 2. The molecule has 138 valence electrons. The fraction of sp³-hybridized carbons (Fsp3) is 0.0455. The lowest BCUT2D eigenvalue weighted by molar-refractivity contribution is 0.0950. The number of carbonyl (C=O) groups excluding carboxylic acids is 1. The molecule has 0 aliphatic carbocycles. The first-order valence-electron chi connectivity index (χ1n) is 8.76. The van der Waals surface area contributed by atoms with Gasteiger partial charge < -0.3 is 0 Å². The number of rotatable bonds is 4. The van der Waals surface area contributed by atoms with E-state index in [1.165, 1.54) is 12.1 Å². The molecule has 0 atom stereocenters. The molecule has 5 nitrogen and oxygen atoms in total. The summed E-state index contributed by atoms with van der Waals surface area (Å²) in [6.07, 6.45) is 0. The highest BCUT2D eigenvalue weighted by molar-refractivity contribution is 6.10. The number of nitrogens with one attached hydrogen (secondary N) is 2. The molecule has 4 rings (SSSR count). The molecule has 0 spiro atoms. The summed E-state index contributed by atoms with van der Waals surface area (Å²) in [5.74, 6) is -0.726. The monoisotopic (exact) mass is 372 g/mol. The predicted octanol–water partition coefficient (Wildman–Crippen LogP) is 4.52. The van der Waals surface area contributed by atoms with Crippen LogP contribution in [0, 0.1) is 5.82 Å². The third kappa shape index (κ3) is 3.53. The summed E-state index contributed by atoms with van der Waals surface area (Å²) in [5, 5.41) is 13.2. The summed E-state index contributed by atoms with van der Waals surface area (Å²) in [5.41, 5.74) is 5.75. The van der Waals surface area contributed by atoms with E-state index in [9.17, 15) is 9.18 Å². The van der Waals surface area contributed by atoms with E-state index in [2.05, 4.69) is 20.7 Å². The van der Waals surface area contributed by atoms with E-state index in [0.717, 1.165) is 16.3 Å². The Morgan fingerprint density at radius 3 is 2.61 bits per heavy atom. The van der Waals surface area contributed by atoms with Gasteiger partial charge >= 0.3 is 0 Å². The van der Waals surface area contributed by atoms with E-state index >= 15 is 0 Å². The van der Waals surface area contributed by atoms with E-state index in [1.807, 2.05) is 49.4 Å². The third-order valence-corrected chi connectivity index (χ3v) is 4.47. The van der Waals surface area contributed by atoms with Crippen molar-refractivity contribution in [2.75, 3.05) is 0 Å². The van der Waals surface area contributed by atoms with Crippen molar-refractivity contribution in [3.05, 3.63) is 89.9 Å². The SMILES string of the molecule is CC(=NNC(=O)c1cc(-c2ccc(F)cc2)n[nH]1)c1cccc2ccccc12. The fourth-order valence-corrected chi connectivity index (χ4v) is 3.00. The Labute approximate surface area is 160 Å². The first-order chi connectivity index (χ1) is 13.6. The molecular weight excluding hydrogens is 355 g/mol. The van der Waals surface area contributed by atoms with Crippen LogP contribution in [0.1, 0.15) is 23.0 Å². The number of carbonyl (C=O) groups is 1. The highest BCUT2D eigenvalue weighted by atomic mass is 19.1. The molecule has 4 aromatic rings. The molecule has 3 aromatic carbocycles. The van der Waals surface area contributed by atoms with Gasteiger partial charge in [-0.1, -0.05) is 42.5 Å². The second kappa shape index (κ2) is 7.44. The van der Waals surface area contributed by atoms with Crippen molar-refractivity contribution >= 4 is 22.4 Å². The average molecular weight is 372 g/mol. The largest absolute Gasteiger partial charge is 0.289 e. The van der Waals surface area contributed by atoms with E-state index in [4.69, 9.17) is 0 Å². The molecule has 0 fully saturated rings. The van der Waals surface area contributed by atoms with Crippen LogP contribution in [0.2, 0.25) is 0 Å². The number of fused-ring (bicyclic) bond motifs is 1. The molecule has 0 saturated heterocycles. The van der Waals surface area contributed by atoms with Gasteiger partial charge in [0.15, 0.2) is 0 Å². The van der Waals surface area contributed by atoms with Crippen LogP contribution in [0.15, 0.2) is 77.9 Å². The summed E-state index contributed by atoms with van der Waals surface area (Å²) < 4.78 is 13.0. The zero-order valence-corrected chi connectivity index (χ0v) is 15.1. The Balaban J connectivity index is 1.53. The molecule has 1 aromatic heterocycles. The summed E-state index contributed by atoms with van der Waals surface area (Å²) in [4.78, 5) is 12.4. The van der Waals surface area contributed by atoms with Crippen LogP contribution in [0.3, 0.4) is 0 Å². The second-order valence-corrected chi connectivity index (χ2v) is 6.34. The van der Waals surface area contributed by atoms with Crippen LogP contribution in [-0.4, -0.2) is 21.8 Å². The average Bonchev–Trinajstić information content (AvgIpc) is 3.22. The van der Waals surface area contributed by atoms with Gasteiger partial charge in [-0.2, -0.15) is 10.2 Å². The minimum atomic E-state index is -0.402. The van der Waals surface area contributed by atoms with Crippen molar-refractivity contribution in [3.8, 4) is 11.3 Å². The van der Waals surface area contributed by atoms with Gasteiger partial charge in [0.1, 0.15) is 11.5 Å². The van der Waals surface area contributed by atoms with Crippen LogP contribution < -0.4 is 5.43 Å². The maximum atomic E-state index is 13.0. The second-order valence-electron chi connectivity index (χ2n) is 6.34. The van der Waals surface area contributed by atoms with Crippen molar-refractivity contribution in [1.29, 1.82) is 0 Å². The number of amides is 1. The van der Waals surface area contributed by atoms with Gasteiger partial charge in [0.05, 0.1) is 11.4 Å². The molecule has 1 amide bonds. The molecule has 0 aliphatic rings. The van der Waals surface area contributed by atoms with E-state index < -0.39 is 5.91 Å². The van der Waals surface area contributed by atoms with Crippen LogP contribution in [-0.2, 0) is 0 Å². The zero-order chi connectivity index (χ0) is 19.5. The summed E-state index contributed by atoms with van der Waals surface area (Å²) in [6.45, 7) is 1.85. The normalized spacial score (nSPS) is 11.6. The number of H-pyrrole nitrogens is 1. The minimum absolute atomic E-state index is 0.272. The van der Waals surface area contributed by atoms with Crippen molar-refractivity contribution in [2.45, 2.75) is 6.92 Å². The summed E-state index contributed by atoms with van der Waals surface area (Å²) in [7, 11) is 0. The first kappa shape index (κ1) is 17.6. The highest BCUT2D eigenvalue weighted by Gasteiger charge is 2.11. The lowest BCUT2D eigenvalue weighted by atomic mass is 10.0. The number of aromatic nitrogens is 2. The molecule has 6 heteroatoms. The standard InChI is InChI=1S/C22H17FN4O/c1-14(18-8-4-6-15-5-2-3-7-19(15)18)24-27-22(28)21-13-20(25-26-21)16-9-11-17(23)12-10-16/h2-13H,1H3,(H,25,26)(H,27,28). The Bertz CT molecular complexity index is 1170. The quantitative estimate of drug-likeness (QED) is 0.408. The first-order valence-corrected chi connectivity index (χ1v) is 8.76. The van der Waals surface area contributed by atoms with Gasteiger partial charge in [-0.15, -0.1) is 0 Å². The lowest BCUT2D eigenvalue weighted by Gasteiger charge is -2.06. The van der Waals surface area contributed by atoms with E-state index in [1.54, 1.807) is 18.2 Å². The molecule has 1 heterocycles. The summed E-state index contributed by atoms with van der Waals surface area (Å²) >= 11 is 0. The van der Waals surface area contributed by atoms with E-state index in [-0.39, 0.29) is 11.5 Å². The van der Waals surface area contributed by atoms with Gasteiger partial charge in [-0.05, 0) is 48.0 Å². The smallest absolute Gasteiger partial charge is 0.272 e. The number of benzene rings is 3. The molecular formula is C22H17FN4O. The Morgan fingerprint density at radius 2 is 1.79 bits per heavy atom. The van der Waals surface area contributed by atoms with Crippen molar-refractivity contribution < 1.29 is 9.18 Å². The highest BCUT2D eigenvalue weighted by Crippen LogP contribution is 2.20. The number of hydrazone groups is 1. The zero-order valence-electron chi connectivity index (χ0n) is 15.1. The summed E-state index contributed by atoms with van der Waals surface area (Å²) in [6, 6.07) is 21.5. The lowest BCUT2D eigenvalue weighted by Crippen LogP contribution is -2.19. The Kier molecular flexibility index (Phi) is 4.68. The van der Waals surface area contributed by atoms with Gasteiger partial charge in [0.2, 0.25) is 0 Å². The van der Waals surface area contributed by atoms with Gasteiger partial charge in [-0.3, -0.25) is 9.89 Å². The molecule has 0 radical (unpaired) electrons. The van der Waals surface area contributed by atoms with Gasteiger partial charge in [-0.25, -0.2) is 9.82 Å². The molecule has 0 saturated carbocycles. The number of aromatic amines is 1. The Morgan fingerprint density at radius 1 is 1.04 bits per heavy atom. The van der Waals surface area contributed by atoms with Crippen LogP contribution in [0.4, 0.5) is 4.39 Å². The molecule has 0 aliphatic heterocycles. The van der Waals surface area contributed by atoms with Crippen molar-refractivity contribution in [2.24, 2.45) is 5.10 Å². The van der Waals surface area contributed by atoms with Crippen LogP contribution in [0.25, 0.3) is 22.0 Å². The van der Waals surface area contributed by atoms with Gasteiger partial charge in [0, 0.05) is 11.1 Å². The molecule has 28 heavy (non-hydrogen) atoms. The number of hydrogen-bond acceptors (Lipinski definition) is 3. The van der Waals surface area contributed by atoms with Crippen molar-refractivity contribution in [1.82, 2.24) is 15.6 Å². The third-order valence-electron chi connectivity index (χ3n) is 4.47. The fourth-order valence-electron chi connectivity index (χ4n) is 3.00. The predicted molar refractivity (Wildman–Crippen MR) is 108 cm³/mol. The molecule has 0 unspecified atom stereocenters. The number of nitrogens with zero attached hydrogens (tertiary/aromatic N) is 2. The van der Waals surface area contributed by atoms with Gasteiger partial charge in [0.25, 0.3) is 5.91 Å². The van der Waals surface area contributed by atoms with Crippen molar-refractivity contribution in [3.63, 3.8) is 0 Å². The maximum absolute atomic E-state index is 13.0. The van der Waals surface area contributed by atoms with E-state index in [0.29, 0.717) is 17.0 Å². The number of halogens is 1. The van der Waals surface area contributed by atoms with Crippen LogP contribution >= 0.6 is 0 Å².